The Morgan fingerprint density at radius 1 is 1.30 bits per heavy atom. The molecule has 1 aromatic carbocycles. The normalized spacial score (nSPS) is 16.8. The number of benzene rings is 1. The molecule has 0 aliphatic carbocycles. The van der Waals surface area contributed by atoms with Crippen LogP contribution >= 0.6 is 23.2 Å². The third-order valence-electron chi connectivity index (χ3n) is 3.80. The largest absolute Gasteiger partial charge is 0.383 e. The lowest BCUT2D eigenvalue weighted by atomic mass is 10.0. The maximum absolute atomic E-state index is 6.29. The van der Waals surface area contributed by atoms with Crippen LogP contribution in [0.15, 0.2) is 18.2 Å². The minimum absolute atomic E-state index is 0.596. The lowest BCUT2D eigenvalue weighted by molar-refractivity contribution is 0.0996. The fourth-order valence-corrected chi connectivity index (χ4v) is 3.11. The van der Waals surface area contributed by atoms with Gasteiger partial charge in [0.15, 0.2) is 0 Å². The highest BCUT2D eigenvalue weighted by atomic mass is 35.5. The molecule has 1 heterocycles. The van der Waals surface area contributed by atoms with E-state index in [1.54, 1.807) is 7.11 Å². The number of methoxy groups -OCH3 is 1. The molecule has 0 aromatic heterocycles. The number of hydrogen-bond acceptors (Lipinski definition) is 3. The van der Waals surface area contributed by atoms with Crippen LogP contribution in [0.2, 0.25) is 10.0 Å². The van der Waals surface area contributed by atoms with E-state index in [1.165, 1.54) is 12.8 Å². The zero-order valence-corrected chi connectivity index (χ0v) is 13.4. The highest BCUT2D eigenvalue weighted by Crippen LogP contribution is 2.24. The molecule has 112 valence electrons. The summed E-state index contributed by atoms with van der Waals surface area (Å²) in [4.78, 5) is 2.47. The topological polar surface area (TPSA) is 24.5 Å². The van der Waals surface area contributed by atoms with Crippen LogP contribution in [0, 0.1) is 0 Å². The van der Waals surface area contributed by atoms with Crippen molar-refractivity contribution in [1.29, 1.82) is 0 Å². The molecule has 5 heteroatoms. The van der Waals surface area contributed by atoms with Gasteiger partial charge in [-0.05, 0) is 43.6 Å². The second kappa shape index (κ2) is 8.20. The molecule has 0 amide bonds. The Hall–Kier alpha value is -0.320. The predicted molar refractivity (Wildman–Crippen MR) is 84.6 cm³/mol. The monoisotopic (exact) mass is 316 g/mol. The second-order valence-electron chi connectivity index (χ2n) is 5.18. The molecule has 0 radical (unpaired) electrons. The third-order valence-corrected chi connectivity index (χ3v) is 4.38. The number of piperidine rings is 1. The van der Waals surface area contributed by atoms with E-state index in [0.29, 0.717) is 11.1 Å². The molecule has 0 saturated carbocycles. The van der Waals surface area contributed by atoms with Crippen molar-refractivity contribution in [3.63, 3.8) is 0 Å². The van der Waals surface area contributed by atoms with Gasteiger partial charge in [-0.1, -0.05) is 29.3 Å². The van der Waals surface area contributed by atoms with Gasteiger partial charge in [-0.3, -0.25) is 4.90 Å². The summed E-state index contributed by atoms with van der Waals surface area (Å²) in [5, 5.41) is 4.84. The molecule has 0 spiro atoms. The molecule has 1 aliphatic heterocycles. The summed E-state index contributed by atoms with van der Waals surface area (Å²) in [5.41, 5.74) is 1.13. The van der Waals surface area contributed by atoms with Gasteiger partial charge in [-0.2, -0.15) is 0 Å². The van der Waals surface area contributed by atoms with E-state index in [4.69, 9.17) is 27.9 Å². The number of rotatable bonds is 6. The summed E-state index contributed by atoms with van der Waals surface area (Å²) in [6.07, 6.45) is 2.35. The van der Waals surface area contributed by atoms with Crippen molar-refractivity contribution in [2.24, 2.45) is 0 Å². The minimum atomic E-state index is 0.596. The Bertz CT molecular complexity index is 422. The maximum atomic E-state index is 6.29. The van der Waals surface area contributed by atoms with Gasteiger partial charge < -0.3 is 10.1 Å². The standard InChI is InChI=1S/C15H22Cl2N2O/c1-20-9-8-19(14-4-6-18-7-5-14)11-12-2-3-13(16)10-15(12)17/h2-3,10,14,18H,4-9,11H2,1H3. The summed E-state index contributed by atoms with van der Waals surface area (Å²) >= 11 is 12.3. The van der Waals surface area contributed by atoms with E-state index >= 15 is 0 Å². The second-order valence-corrected chi connectivity index (χ2v) is 6.02. The Kier molecular flexibility index (Phi) is 6.59. The zero-order chi connectivity index (χ0) is 14.4. The third kappa shape index (κ3) is 4.61. The Morgan fingerprint density at radius 2 is 2.05 bits per heavy atom. The molecule has 1 aromatic rings. The van der Waals surface area contributed by atoms with Crippen LogP contribution in [0.3, 0.4) is 0 Å². The van der Waals surface area contributed by atoms with Crippen LogP contribution in [-0.2, 0) is 11.3 Å². The van der Waals surface area contributed by atoms with Gasteiger partial charge in [0.2, 0.25) is 0 Å². The van der Waals surface area contributed by atoms with Gasteiger partial charge in [0.05, 0.1) is 6.61 Å². The van der Waals surface area contributed by atoms with Crippen molar-refractivity contribution in [1.82, 2.24) is 10.2 Å². The highest BCUT2D eigenvalue weighted by Gasteiger charge is 2.21. The minimum Gasteiger partial charge on any atom is -0.383 e. The molecule has 0 unspecified atom stereocenters. The summed E-state index contributed by atoms with van der Waals surface area (Å²) < 4.78 is 5.24. The fraction of sp³-hybridized carbons (Fsp3) is 0.600. The maximum Gasteiger partial charge on any atom is 0.0589 e. The molecular formula is C15H22Cl2N2O. The summed E-state index contributed by atoms with van der Waals surface area (Å²) in [6, 6.07) is 6.33. The van der Waals surface area contributed by atoms with Gasteiger partial charge in [0, 0.05) is 36.3 Å². The molecule has 1 fully saturated rings. The number of nitrogens with zero attached hydrogens (tertiary/aromatic N) is 1. The fourth-order valence-electron chi connectivity index (χ4n) is 2.64. The average Bonchev–Trinajstić information content (AvgIpc) is 2.46. The van der Waals surface area contributed by atoms with E-state index in [-0.39, 0.29) is 0 Å². The van der Waals surface area contributed by atoms with E-state index in [2.05, 4.69) is 10.2 Å². The first-order valence-corrected chi connectivity index (χ1v) is 7.84. The molecule has 0 bridgehead atoms. The number of halogens is 2. The SMILES string of the molecule is COCCN(Cc1ccc(Cl)cc1Cl)C1CCNCC1. The van der Waals surface area contributed by atoms with Gasteiger partial charge in [-0.15, -0.1) is 0 Å². The molecule has 1 saturated heterocycles. The number of hydrogen-bond donors (Lipinski definition) is 1. The van der Waals surface area contributed by atoms with Crippen LogP contribution < -0.4 is 5.32 Å². The molecule has 0 atom stereocenters. The Balaban J connectivity index is 2.05. The molecular weight excluding hydrogens is 295 g/mol. The van der Waals surface area contributed by atoms with Crippen molar-refractivity contribution in [3.05, 3.63) is 33.8 Å². The zero-order valence-electron chi connectivity index (χ0n) is 11.9. The van der Waals surface area contributed by atoms with Crippen molar-refractivity contribution in [3.8, 4) is 0 Å². The first-order valence-electron chi connectivity index (χ1n) is 7.08. The average molecular weight is 317 g/mol. The van der Waals surface area contributed by atoms with E-state index in [0.717, 1.165) is 43.4 Å². The van der Waals surface area contributed by atoms with Crippen LogP contribution in [0.5, 0.6) is 0 Å². The number of ether oxygens (including phenoxy) is 1. The van der Waals surface area contributed by atoms with Gasteiger partial charge in [0.25, 0.3) is 0 Å². The first kappa shape index (κ1) is 16.1. The van der Waals surface area contributed by atoms with E-state index < -0.39 is 0 Å². The highest BCUT2D eigenvalue weighted by molar-refractivity contribution is 6.35. The first-order chi connectivity index (χ1) is 9.70. The number of nitrogens with one attached hydrogen (secondary N) is 1. The van der Waals surface area contributed by atoms with Crippen LogP contribution in [0.1, 0.15) is 18.4 Å². The molecule has 20 heavy (non-hydrogen) atoms. The lowest BCUT2D eigenvalue weighted by Crippen LogP contribution is -2.44. The summed E-state index contributed by atoms with van der Waals surface area (Å²) in [6.45, 7) is 4.70. The summed E-state index contributed by atoms with van der Waals surface area (Å²) in [5.74, 6) is 0. The van der Waals surface area contributed by atoms with Crippen LogP contribution in [0.4, 0.5) is 0 Å². The van der Waals surface area contributed by atoms with E-state index in [1.807, 2.05) is 18.2 Å². The predicted octanol–water partition coefficient (Wildman–Crippen LogP) is 3.19. The van der Waals surface area contributed by atoms with E-state index in [9.17, 15) is 0 Å². The molecule has 1 N–H and O–H groups in total. The van der Waals surface area contributed by atoms with Gasteiger partial charge in [-0.25, -0.2) is 0 Å². The molecule has 3 nitrogen and oxygen atoms in total. The Morgan fingerprint density at radius 3 is 2.70 bits per heavy atom. The van der Waals surface area contributed by atoms with Crippen LogP contribution in [-0.4, -0.2) is 44.3 Å². The Labute approximate surface area is 131 Å². The summed E-state index contributed by atoms with van der Waals surface area (Å²) in [7, 11) is 1.75. The van der Waals surface area contributed by atoms with Crippen molar-refractivity contribution in [2.75, 3.05) is 33.4 Å². The van der Waals surface area contributed by atoms with Gasteiger partial charge >= 0.3 is 0 Å². The smallest absolute Gasteiger partial charge is 0.0589 e. The molecule has 1 aliphatic rings. The van der Waals surface area contributed by atoms with Crippen LogP contribution in [0.25, 0.3) is 0 Å². The lowest BCUT2D eigenvalue weighted by Gasteiger charge is -2.34. The quantitative estimate of drug-likeness (QED) is 0.872. The molecule has 2 rings (SSSR count). The van der Waals surface area contributed by atoms with Crippen molar-refractivity contribution in [2.45, 2.75) is 25.4 Å². The van der Waals surface area contributed by atoms with Crippen molar-refractivity contribution < 1.29 is 4.74 Å². The van der Waals surface area contributed by atoms with Crippen molar-refractivity contribution >= 4 is 23.2 Å². The van der Waals surface area contributed by atoms with Gasteiger partial charge in [0.1, 0.15) is 0 Å².